The van der Waals surface area contributed by atoms with Crippen LogP contribution in [0.1, 0.15) is 50.2 Å². The second-order valence-electron chi connectivity index (χ2n) is 6.58. The lowest BCUT2D eigenvalue weighted by atomic mass is 10.0. The second-order valence-corrected chi connectivity index (χ2v) is 6.58. The number of nitrogens with zero attached hydrogens (tertiary/aromatic N) is 1. The van der Waals surface area contributed by atoms with E-state index >= 15 is 0 Å². The summed E-state index contributed by atoms with van der Waals surface area (Å²) in [5, 5.41) is 13.8. The Morgan fingerprint density at radius 1 is 1.05 bits per heavy atom. The van der Waals surface area contributed by atoms with Crippen molar-refractivity contribution >= 4 is 0 Å². The van der Waals surface area contributed by atoms with Crippen LogP contribution in [0, 0.1) is 0 Å². The van der Waals surface area contributed by atoms with Gasteiger partial charge in [0.05, 0.1) is 6.10 Å². The quantitative estimate of drug-likeness (QED) is 0.874. The topological polar surface area (TPSA) is 35.5 Å². The number of likely N-dealkylation sites (tertiary alicyclic amines) is 1. The van der Waals surface area contributed by atoms with Crippen LogP contribution in [0.15, 0.2) is 30.3 Å². The van der Waals surface area contributed by atoms with E-state index in [-0.39, 0.29) is 6.10 Å². The zero-order valence-electron chi connectivity index (χ0n) is 12.9. The molecule has 1 aliphatic carbocycles. The predicted octanol–water partition coefficient (Wildman–Crippen LogP) is 2.72. The summed E-state index contributed by atoms with van der Waals surface area (Å²) in [6.07, 6.45) is 7.71. The fraction of sp³-hybridized carbons (Fsp3) is 0.667. The van der Waals surface area contributed by atoms with Crippen LogP contribution < -0.4 is 5.32 Å². The smallest absolute Gasteiger partial charge is 0.0914 e. The fourth-order valence-corrected chi connectivity index (χ4v) is 3.81. The first-order valence-electron chi connectivity index (χ1n) is 8.53. The van der Waals surface area contributed by atoms with Gasteiger partial charge in [-0.3, -0.25) is 0 Å². The summed E-state index contributed by atoms with van der Waals surface area (Å²) in [6, 6.07) is 11.4. The van der Waals surface area contributed by atoms with E-state index in [1.54, 1.807) is 0 Å². The Labute approximate surface area is 128 Å². The summed E-state index contributed by atoms with van der Waals surface area (Å²) in [5.74, 6) is 0. The van der Waals surface area contributed by atoms with E-state index in [0.29, 0.717) is 12.6 Å². The molecule has 1 aromatic rings. The van der Waals surface area contributed by atoms with Gasteiger partial charge >= 0.3 is 0 Å². The van der Waals surface area contributed by atoms with Crippen molar-refractivity contribution in [2.45, 2.75) is 56.7 Å². The first-order valence-corrected chi connectivity index (χ1v) is 8.53. The van der Waals surface area contributed by atoms with Gasteiger partial charge in [0.2, 0.25) is 0 Å². The van der Waals surface area contributed by atoms with Gasteiger partial charge in [0.15, 0.2) is 0 Å². The summed E-state index contributed by atoms with van der Waals surface area (Å²) >= 11 is 0. The molecule has 0 aromatic heterocycles. The summed E-state index contributed by atoms with van der Waals surface area (Å²) in [7, 11) is 0. The highest BCUT2D eigenvalue weighted by atomic mass is 16.3. The van der Waals surface area contributed by atoms with Crippen molar-refractivity contribution in [3.8, 4) is 0 Å². The van der Waals surface area contributed by atoms with E-state index in [4.69, 9.17) is 0 Å². The van der Waals surface area contributed by atoms with E-state index < -0.39 is 0 Å². The number of hydrogen-bond acceptors (Lipinski definition) is 3. The molecule has 1 saturated heterocycles. The van der Waals surface area contributed by atoms with Crippen LogP contribution in [0.3, 0.4) is 0 Å². The third kappa shape index (κ3) is 4.06. The lowest BCUT2D eigenvalue weighted by Gasteiger charge is -2.36. The van der Waals surface area contributed by atoms with Gasteiger partial charge in [-0.05, 0) is 44.3 Å². The molecule has 0 amide bonds. The number of hydrogen-bond donors (Lipinski definition) is 2. The Balaban J connectivity index is 1.39. The van der Waals surface area contributed by atoms with Gasteiger partial charge in [-0.2, -0.15) is 0 Å². The van der Waals surface area contributed by atoms with E-state index in [1.165, 1.54) is 51.6 Å². The monoisotopic (exact) mass is 288 g/mol. The van der Waals surface area contributed by atoms with Crippen LogP contribution in [0.4, 0.5) is 0 Å². The SMILES string of the molecule is OC(CNC1CCN(C2CCCC2)CC1)c1ccccc1. The summed E-state index contributed by atoms with van der Waals surface area (Å²) in [4.78, 5) is 2.69. The molecule has 0 bridgehead atoms. The summed E-state index contributed by atoms with van der Waals surface area (Å²) in [6.45, 7) is 3.12. The highest BCUT2D eigenvalue weighted by molar-refractivity contribution is 5.17. The lowest BCUT2D eigenvalue weighted by Crippen LogP contribution is -2.46. The van der Waals surface area contributed by atoms with E-state index in [2.05, 4.69) is 10.2 Å². The minimum absolute atomic E-state index is 0.390. The first kappa shape index (κ1) is 15.0. The largest absolute Gasteiger partial charge is 0.387 e. The molecule has 3 heteroatoms. The molecule has 1 aromatic carbocycles. The second kappa shape index (κ2) is 7.39. The highest BCUT2D eigenvalue weighted by Gasteiger charge is 2.27. The number of benzene rings is 1. The van der Waals surface area contributed by atoms with Crippen LogP contribution >= 0.6 is 0 Å². The molecule has 1 unspecified atom stereocenters. The summed E-state index contributed by atoms with van der Waals surface area (Å²) < 4.78 is 0. The van der Waals surface area contributed by atoms with Crippen molar-refractivity contribution in [3.63, 3.8) is 0 Å². The third-order valence-electron chi connectivity index (χ3n) is 5.15. The minimum Gasteiger partial charge on any atom is -0.387 e. The average molecular weight is 288 g/mol. The fourth-order valence-electron chi connectivity index (χ4n) is 3.81. The Kier molecular flexibility index (Phi) is 5.28. The molecular weight excluding hydrogens is 260 g/mol. The molecule has 3 nitrogen and oxygen atoms in total. The number of piperidine rings is 1. The van der Waals surface area contributed by atoms with E-state index in [9.17, 15) is 5.11 Å². The first-order chi connectivity index (χ1) is 10.3. The maximum atomic E-state index is 10.2. The van der Waals surface area contributed by atoms with E-state index in [0.717, 1.165) is 11.6 Å². The molecular formula is C18H28N2O. The van der Waals surface area contributed by atoms with Gasteiger partial charge in [-0.15, -0.1) is 0 Å². The normalized spacial score (nSPS) is 23.5. The van der Waals surface area contributed by atoms with Gasteiger partial charge in [0, 0.05) is 18.6 Å². The van der Waals surface area contributed by atoms with Crippen molar-refractivity contribution < 1.29 is 5.11 Å². The number of aliphatic hydroxyl groups is 1. The molecule has 0 spiro atoms. The number of aliphatic hydroxyl groups excluding tert-OH is 1. The molecule has 2 N–H and O–H groups in total. The molecule has 0 radical (unpaired) electrons. The van der Waals surface area contributed by atoms with Crippen molar-refractivity contribution in [3.05, 3.63) is 35.9 Å². The van der Waals surface area contributed by atoms with Crippen molar-refractivity contribution in [1.29, 1.82) is 0 Å². The molecule has 1 saturated carbocycles. The standard InChI is InChI=1S/C18H28N2O/c21-18(15-6-2-1-3-7-15)14-19-16-10-12-20(13-11-16)17-8-4-5-9-17/h1-3,6-7,16-19,21H,4-5,8-14H2. The Morgan fingerprint density at radius 2 is 1.71 bits per heavy atom. The number of rotatable bonds is 5. The van der Waals surface area contributed by atoms with Gasteiger partial charge in [-0.25, -0.2) is 0 Å². The molecule has 3 rings (SSSR count). The van der Waals surface area contributed by atoms with Crippen LogP contribution in [0.25, 0.3) is 0 Å². The molecule has 116 valence electrons. The lowest BCUT2D eigenvalue weighted by molar-refractivity contribution is 0.129. The molecule has 1 aliphatic heterocycles. The van der Waals surface area contributed by atoms with Gasteiger partial charge in [0.25, 0.3) is 0 Å². The summed E-state index contributed by atoms with van der Waals surface area (Å²) in [5.41, 5.74) is 1.01. The maximum Gasteiger partial charge on any atom is 0.0914 e. The Morgan fingerprint density at radius 3 is 2.38 bits per heavy atom. The average Bonchev–Trinajstić information content (AvgIpc) is 3.08. The van der Waals surface area contributed by atoms with Crippen LogP contribution in [0.2, 0.25) is 0 Å². The predicted molar refractivity (Wildman–Crippen MR) is 86.3 cm³/mol. The van der Waals surface area contributed by atoms with Crippen molar-refractivity contribution in [2.75, 3.05) is 19.6 Å². The van der Waals surface area contributed by atoms with Crippen molar-refractivity contribution in [1.82, 2.24) is 10.2 Å². The molecule has 1 atom stereocenters. The molecule has 2 fully saturated rings. The zero-order valence-corrected chi connectivity index (χ0v) is 12.9. The van der Waals surface area contributed by atoms with Crippen LogP contribution in [-0.4, -0.2) is 41.7 Å². The van der Waals surface area contributed by atoms with Crippen molar-refractivity contribution in [2.24, 2.45) is 0 Å². The number of nitrogens with one attached hydrogen (secondary N) is 1. The van der Waals surface area contributed by atoms with Crippen LogP contribution in [0.5, 0.6) is 0 Å². The highest BCUT2D eigenvalue weighted by Crippen LogP contribution is 2.26. The van der Waals surface area contributed by atoms with Gasteiger partial charge in [-0.1, -0.05) is 43.2 Å². The Bertz CT molecular complexity index is 408. The van der Waals surface area contributed by atoms with E-state index in [1.807, 2.05) is 30.3 Å². The zero-order chi connectivity index (χ0) is 14.5. The van der Waals surface area contributed by atoms with Crippen LogP contribution in [-0.2, 0) is 0 Å². The third-order valence-corrected chi connectivity index (χ3v) is 5.15. The molecule has 1 heterocycles. The Hall–Kier alpha value is -0.900. The van der Waals surface area contributed by atoms with Gasteiger partial charge < -0.3 is 15.3 Å². The minimum atomic E-state index is -0.390. The van der Waals surface area contributed by atoms with Gasteiger partial charge in [0.1, 0.15) is 0 Å². The maximum absolute atomic E-state index is 10.2. The molecule has 2 aliphatic rings. The molecule has 21 heavy (non-hydrogen) atoms.